The van der Waals surface area contributed by atoms with Crippen LogP contribution in [0.5, 0.6) is 5.75 Å². The van der Waals surface area contributed by atoms with E-state index < -0.39 is 0 Å². The first-order valence-corrected chi connectivity index (χ1v) is 9.76. The van der Waals surface area contributed by atoms with Gasteiger partial charge in [0.2, 0.25) is 0 Å². The molecule has 1 aliphatic rings. The van der Waals surface area contributed by atoms with E-state index in [-0.39, 0.29) is 6.03 Å². The molecule has 0 radical (unpaired) electrons. The molecule has 0 bridgehead atoms. The zero-order valence-corrected chi connectivity index (χ0v) is 16.6. The van der Waals surface area contributed by atoms with Gasteiger partial charge < -0.3 is 15.0 Å². The highest BCUT2D eigenvalue weighted by Gasteiger charge is 2.28. The molecule has 0 spiro atoms. The number of benzene rings is 2. The minimum atomic E-state index is -0.172. The third kappa shape index (κ3) is 4.53. The number of nitrogens with zero attached hydrogens (tertiary/aromatic N) is 5. The molecule has 2 amide bonds. The van der Waals surface area contributed by atoms with Gasteiger partial charge in [0.15, 0.2) is 5.82 Å². The molecule has 1 N–H and O–H groups in total. The molecule has 1 aromatic heterocycles. The van der Waals surface area contributed by atoms with Crippen molar-refractivity contribution in [2.45, 2.75) is 32.4 Å². The topological polar surface area (TPSA) is 85.2 Å². The van der Waals surface area contributed by atoms with Gasteiger partial charge in [0.1, 0.15) is 5.75 Å². The minimum Gasteiger partial charge on any atom is -0.494 e. The number of aromatic nitrogens is 4. The maximum atomic E-state index is 12.5. The van der Waals surface area contributed by atoms with Crippen LogP contribution in [-0.4, -0.2) is 44.8 Å². The number of nitrogens with one attached hydrogen (secondary N) is 1. The van der Waals surface area contributed by atoms with E-state index >= 15 is 0 Å². The summed E-state index contributed by atoms with van der Waals surface area (Å²) in [6.45, 7) is 3.09. The normalized spacial score (nSPS) is 13.2. The summed E-state index contributed by atoms with van der Waals surface area (Å²) in [4.78, 5) is 14.1. The zero-order chi connectivity index (χ0) is 20.2. The Labute approximate surface area is 169 Å². The minimum absolute atomic E-state index is 0.172. The van der Waals surface area contributed by atoms with E-state index in [1.165, 1.54) is 0 Å². The van der Waals surface area contributed by atoms with Crippen LogP contribution in [-0.2, 0) is 6.54 Å². The van der Waals surface area contributed by atoms with E-state index in [1.807, 2.05) is 60.1 Å². The third-order valence-electron chi connectivity index (χ3n) is 4.78. The molecule has 8 heteroatoms. The van der Waals surface area contributed by atoms with Gasteiger partial charge >= 0.3 is 6.03 Å². The zero-order valence-electron chi connectivity index (χ0n) is 16.6. The predicted octanol–water partition coefficient (Wildman–Crippen LogP) is 3.74. The average molecular weight is 392 g/mol. The van der Waals surface area contributed by atoms with Crippen LogP contribution in [0, 0.1) is 0 Å². The molecule has 3 aromatic rings. The molecule has 1 fully saturated rings. The highest BCUT2D eigenvalue weighted by molar-refractivity contribution is 5.89. The Morgan fingerprint density at radius 1 is 1.17 bits per heavy atom. The summed E-state index contributed by atoms with van der Waals surface area (Å²) in [5, 5.41) is 14.9. The van der Waals surface area contributed by atoms with Crippen molar-refractivity contribution in [2.24, 2.45) is 0 Å². The van der Waals surface area contributed by atoms with Crippen LogP contribution in [0.4, 0.5) is 10.5 Å². The number of ether oxygens (including phenoxy) is 1. The van der Waals surface area contributed by atoms with E-state index in [4.69, 9.17) is 4.74 Å². The van der Waals surface area contributed by atoms with Crippen molar-refractivity contribution in [3.63, 3.8) is 0 Å². The Morgan fingerprint density at radius 2 is 1.90 bits per heavy atom. The fourth-order valence-corrected chi connectivity index (χ4v) is 3.07. The molecule has 8 nitrogen and oxygen atoms in total. The van der Waals surface area contributed by atoms with Gasteiger partial charge in [0, 0.05) is 24.8 Å². The first-order chi connectivity index (χ1) is 14.1. The third-order valence-corrected chi connectivity index (χ3v) is 4.78. The van der Waals surface area contributed by atoms with Crippen LogP contribution < -0.4 is 10.1 Å². The molecule has 0 saturated heterocycles. The predicted molar refractivity (Wildman–Crippen MR) is 110 cm³/mol. The van der Waals surface area contributed by atoms with Crippen LogP contribution >= 0.6 is 0 Å². The summed E-state index contributed by atoms with van der Waals surface area (Å²) >= 11 is 0. The Kier molecular flexibility index (Phi) is 5.41. The number of anilines is 1. The maximum absolute atomic E-state index is 12.5. The maximum Gasteiger partial charge on any atom is 0.321 e. The van der Waals surface area contributed by atoms with E-state index in [2.05, 4.69) is 20.8 Å². The Hall–Kier alpha value is -3.42. The highest BCUT2D eigenvalue weighted by atomic mass is 16.5. The van der Waals surface area contributed by atoms with Crippen molar-refractivity contribution < 1.29 is 9.53 Å². The number of carbonyl (C=O) groups is 1. The van der Waals surface area contributed by atoms with Gasteiger partial charge in [-0.2, -0.15) is 0 Å². The molecular formula is C21H24N6O2. The van der Waals surface area contributed by atoms with Gasteiger partial charge in [0.25, 0.3) is 0 Å². The number of carbonyl (C=O) groups excluding carboxylic acids is 1. The Morgan fingerprint density at radius 3 is 2.55 bits per heavy atom. The van der Waals surface area contributed by atoms with Crippen LogP contribution in [0.3, 0.4) is 0 Å². The van der Waals surface area contributed by atoms with Gasteiger partial charge in [-0.3, -0.25) is 0 Å². The molecule has 1 saturated carbocycles. The van der Waals surface area contributed by atoms with E-state index in [9.17, 15) is 4.79 Å². The van der Waals surface area contributed by atoms with Gasteiger partial charge in [-0.15, -0.1) is 5.10 Å². The molecule has 4 rings (SSSR count). The van der Waals surface area contributed by atoms with E-state index in [1.54, 1.807) is 11.9 Å². The standard InChI is InChI=1S/C21H24N6O2/c1-3-29-19-12-4-15(5-13-19)14-26(2)21(28)22-17-8-6-16(7-9-17)20-23-24-25-27(20)18-10-11-18/h4-9,12-13,18H,3,10-11,14H2,1-2H3,(H,22,28). The number of hydrogen-bond donors (Lipinski definition) is 1. The fourth-order valence-electron chi connectivity index (χ4n) is 3.07. The van der Waals surface area contributed by atoms with Crippen molar-refractivity contribution >= 4 is 11.7 Å². The smallest absolute Gasteiger partial charge is 0.321 e. The van der Waals surface area contributed by atoms with Crippen molar-refractivity contribution in [3.05, 3.63) is 54.1 Å². The lowest BCUT2D eigenvalue weighted by Gasteiger charge is -2.18. The summed E-state index contributed by atoms with van der Waals surface area (Å²) in [5.74, 6) is 1.59. The first kappa shape index (κ1) is 18.9. The largest absolute Gasteiger partial charge is 0.494 e. The monoisotopic (exact) mass is 392 g/mol. The fraction of sp³-hybridized carbons (Fsp3) is 0.333. The summed E-state index contributed by atoms with van der Waals surface area (Å²) in [6, 6.07) is 15.6. The van der Waals surface area contributed by atoms with Gasteiger partial charge in [-0.1, -0.05) is 12.1 Å². The van der Waals surface area contributed by atoms with Crippen LogP contribution in [0.15, 0.2) is 48.5 Å². The second-order valence-corrected chi connectivity index (χ2v) is 7.12. The summed E-state index contributed by atoms with van der Waals surface area (Å²) in [7, 11) is 1.77. The van der Waals surface area contributed by atoms with Gasteiger partial charge in [-0.05, 0) is 72.2 Å². The van der Waals surface area contributed by atoms with Gasteiger partial charge in [0.05, 0.1) is 12.6 Å². The van der Waals surface area contributed by atoms with E-state index in [0.717, 1.165) is 41.2 Å². The number of hydrogen-bond acceptors (Lipinski definition) is 5. The highest BCUT2D eigenvalue weighted by Crippen LogP contribution is 2.36. The quantitative estimate of drug-likeness (QED) is 0.662. The molecule has 2 aromatic carbocycles. The molecule has 150 valence electrons. The first-order valence-electron chi connectivity index (χ1n) is 9.76. The van der Waals surface area contributed by atoms with Gasteiger partial charge in [-0.25, -0.2) is 9.48 Å². The second kappa shape index (κ2) is 8.30. The summed E-state index contributed by atoms with van der Waals surface area (Å²) < 4.78 is 7.32. The SMILES string of the molecule is CCOc1ccc(CN(C)C(=O)Nc2ccc(-c3nnnn3C3CC3)cc2)cc1. The molecule has 29 heavy (non-hydrogen) atoms. The average Bonchev–Trinajstić information content (AvgIpc) is 3.46. The summed E-state index contributed by atoms with van der Waals surface area (Å²) in [5.41, 5.74) is 2.69. The number of amides is 2. The van der Waals surface area contributed by atoms with E-state index in [0.29, 0.717) is 19.2 Å². The van der Waals surface area contributed by atoms with Crippen molar-refractivity contribution in [1.29, 1.82) is 0 Å². The lowest BCUT2D eigenvalue weighted by Crippen LogP contribution is -2.30. The molecule has 0 unspecified atom stereocenters. The van der Waals surface area contributed by atoms with Crippen molar-refractivity contribution in [2.75, 3.05) is 19.0 Å². The van der Waals surface area contributed by atoms with Crippen LogP contribution in [0.2, 0.25) is 0 Å². The lowest BCUT2D eigenvalue weighted by molar-refractivity contribution is 0.220. The van der Waals surface area contributed by atoms with Crippen LogP contribution in [0.1, 0.15) is 31.4 Å². The molecule has 0 atom stereocenters. The molecule has 1 heterocycles. The molecule has 0 aliphatic heterocycles. The van der Waals surface area contributed by atoms with Crippen molar-refractivity contribution in [1.82, 2.24) is 25.1 Å². The Bertz CT molecular complexity index is 964. The lowest BCUT2D eigenvalue weighted by atomic mass is 10.2. The van der Waals surface area contributed by atoms with Crippen LogP contribution in [0.25, 0.3) is 11.4 Å². The molecule has 1 aliphatic carbocycles. The molecular weight excluding hydrogens is 368 g/mol. The van der Waals surface area contributed by atoms with Crippen molar-refractivity contribution in [3.8, 4) is 17.1 Å². The summed E-state index contributed by atoms with van der Waals surface area (Å²) in [6.07, 6.45) is 2.24. The second-order valence-electron chi connectivity index (χ2n) is 7.12. The number of urea groups is 1. The number of rotatable bonds is 7. The Balaban J connectivity index is 1.35. The number of tetrazole rings is 1.